The fraction of sp³-hybridized carbons (Fsp3) is 0.462. The van der Waals surface area contributed by atoms with Crippen LogP contribution in [0.15, 0.2) is 22.7 Å². The van der Waals surface area contributed by atoms with Gasteiger partial charge in [-0.15, -0.1) is 0 Å². The highest BCUT2D eigenvalue weighted by Crippen LogP contribution is 2.27. The van der Waals surface area contributed by atoms with Gasteiger partial charge in [0.25, 0.3) is 0 Å². The van der Waals surface area contributed by atoms with Gasteiger partial charge >= 0.3 is 5.97 Å². The van der Waals surface area contributed by atoms with Crippen LogP contribution in [0.25, 0.3) is 0 Å². The third-order valence-electron chi connectivity index (χ3n) is 3.17. The number of hydrogen-bond donors (Lipinski definition) is 2. The van der Waals surface area contributed by atoms with E-state index in [-0.39, 0.29) is 11.2 Å². The first-order chi connectivity index (χ1) is 8.50. The average Bonchev–Trinajstić information content (AvgIpc) is 2.74. The van der Waals surface area contributed by atoms with Gasteiger partial charge in [-0.2, -0.15) is 0 Å². The third kappa shape index (κ3) is 3.03. The minimum atomic E-state index is -0.931. The maximum absolute atomic E-state index is 10.9. The summed E-state index contributed by atoms with van der Waals surface area (Å²) in [6.45, 7) is 3.64. The van der Waals surface area contributed by atoms with E-state index in [1.54, 1.807) is 18.2 Å². The molecule has 1 saturated heterocycles. The fourth-order valence-corrected chi connectivity index (χ4v) is 2.61. The zero-order valence-corrected chi connectivity index (χ0v) is 11.8. The van der Waals surface area contributed by atoms with Crippen LogP contribution in [-0.4, -0.2) is 29.8 Å². The van der Waals surface area contributed by atoms with Crippen molar-refractivity contribution in [2.75, 3.05) is 18.5 Å². The van der Waals surface area contributed by atoms with Crippen molar-refractivity contribution in [2.24, 2.45) is 0 Å². The van der Waals surface area contributed by atoms with Crippen LogP contribution in [0.3, 0.4) is 0 Å². The lowest BCUT2D eigenvalue weighted by molar-refractivity contribution is 0.0315. The summed E-state index contributed by atoms with van der Waals surface area (Å²) in [4.78, 5) is 10.9. The Morgan fingerprint density at radius 2 is 2.39 bits per heavy atom. The third-order valence-corrected chi connectivity index (χ3v) is 3.82. The zero-order chi connectivity index (χ0) is 13.2. The van der Waals surface area contributed by atoms with Crippen molar-refractivity contribution >= 4 is 27.6 Å². The van der Waals surface area contributed by atoms with E-state index in [4.69, 9.17) is 9.84 Å². The van der Waals surface area contributed by atoms with E-state index in [1.807, 2.05) is 0 Å². The second-order valence-corrected chi connectivity index (χ2v) is 5.61. The first-order valence-corrected chi connectivity index (χ1v) is 6.70. The highest BCUT2D eigenvalue weighted by atomic mass is 79.9. The molecule has 1 aromatic carbocycles. The minimum Gasteiger partial charge on any atom is -0.478 e. The number of carboxylic acid groups (broad SMARTS) is 1. The molecule has 0 radical (unpaired) electrons. The topological polar surface area (TPSA) is 58.6 Å². The number of carbonyl (C=O) groups is 1. The van der Waals surface area contributed by atoms with E-state index in [2.05, 4.69) is 28.2 Å². The molecule has 2 rings (SSSR count). The van der Waals surface area contributed by atoms with Gasteiger partial charge in [0.05, 0.1) is 11.2 Å². The molecule has 4 nitrogen and oxygen atoms in total. The van der Waals surface area contributed by atoms with Crippen LogP contribution >= 0.6 is 15.9 Å². The summed E-state index contributed by atoms with van der Waals surface area (Å²) in [6.07, 6.45) is 2.15. The molecule has 0 bridgehead atoms. The molecular weight excluding hydrogens is 298 g/mol. The van der Waals surface area contributed by atoms with Crippen molar-refractivity contribution in [3.05, 3.63) is 28.2 Å². The Bertz CT molecular complexity index is 456. The number of hydrogen-bond acceptors (Lipinski definition) is 3. The normalized spacial score (nSPS) is 23.0. The second kappa shape index (κ2) is 5.28. The number of rotatable bonds is 4. The molecule has 0 amide bonds. The summed E-state index contributed by atoms with van der Waals surface area (Å²) in [7, 11) is 0. The number of benzene rings is 1. The van der Waals surface area contributed by atoms with Gasteiger partial charge in [-0.25, -0.2) is 4.79 Å². The van der Waals surface area contributed by atoms with Crippen molar-refractivity contribution in [1.82, 2.24) is 0 Å². The van der Waals surface area contributed by atoms with Crippen LogP contribution < -0.4 is 5.32 Å². The Kier molecular flexibility index (Phi) is 3.92. The molecule has 98 valence electrons. The molecular formula is C13H16BrNO3. The lowest BCUT2D eigenvalue weighted by Gasteiger charge is -2.24. The van der Waals surface area contributed by atoms with E-state index in [0.29, 0.717) is 4.47 Å². The quantitative estimate of drug-likeness (QED) is 0.896. The molecule has 1 atom stereocenters. The molecule has 2 N–H and O–H groups in total. The SMILES string of the molecule is CC1(CNc2ccc(C(=O)O)c(Br)c2)CCCO1. The fourth-order valence-electron chi connectivity index (χ4n) is 2.06. The standard InChI is InChI=1S/C13H16BrNO3/c1-13(5-2-6-18-13)8-15-9-3-4-10(12(16)17)11(14)7-9/h3-4,7,15H,2,5-6,8H2,1H3,(H,16,17). The van der Waals surface area contributed by atoms with Crippen LogP contribution in [0.4, 0.5) is 5.69 Å². The summed E-state index contributed by atoms with van der Waals surface area (Å²) in [5, 5.41) is 12.2. The van der Waals surface area contributed by atoms with Gasteiger partial charge in [0.15, 0.2) is 0 Å². The molecule has 0 saturated carbocycles. The van der Waals surface area contributed by atoms with Crippen molar-refractivity contribution in [1.29, 1.82) is 0 Å². The van der Waals surface area contributed by atoms with E-state index in [0.717, 1.165) is 31.7 Å². The van der Waals surface area contributed by atoms with Crippen LogP contribution in [0.1, 0.15) is 30.1 Å². The summed E-state index contributed by atoms with van der Waals surface area (Å²) >= 11 is 3.26. The maximum Gasteiger partial charge on any atom is 0.336 e. The van der Waals surface area contributed by atoms with E-state index in [9.17, 15) is 4.79 Å². The zero-order valence-electron chi connectivity index (χ0n) is 10.2. The van der Waals surface area contributed by atoms with Crippen LogP contribution in [0.5, 0.6) is 0 Å². The summed E-state index contributed by atoms with van der Waals surface area (Å²) in [6, 6.07) is 5.14. The van der Waals surface area contributed by atoms with Crippen molar-refractivity contribution < 1.29 is 14.6 Å². The lowest BCUT2D eigenvalue weighted by atomic mass is 10.0. The molecule has 0 aliphatic carbocycles. The van der Waals surface area contributed by atoms with E-state index >= 15 is 0 Å². The summed E-state index contributed by atoms with van der Waals surface area (Å²) in [5.74, 6) is -0.931. The Morgan fingerprint density at radius 3 is 2.94 bits per heavy atom. The van der Waals surface area contributed by atoms with Crippen LogP contribution in [0.2, 0.25) is 0 Å². The van der Waals surface area contributed by atoms with E-state index < -0.39 is 5.97 Å². The van der Waals surface area contributed by atoms with Gasteiger partial charge in [-0.05, 0) is 53.9 Å². The van der Waals surface area contributed by atoms with Gasteiger partial charge < -0.3 is 15.2 Å². The predicted molar refractivity (Wildman–Crippen MR) is 73.2 cm³/mol. The lowest BCUT2D eigenvalue weighted by Crippen LogP contribution is -2.32. The highest BCUT2D eigenvalue weighted by Gasteiger charge is 2.29. The largest absolute Gasteiger partial charge is 0.478 e. The molecule has 18 heavy (non-hydrogen) atoms. The smallest absolute Gasteiger partial charge is 0.336 e. The Labute approximate surface area is 114 Å². The minimum absolute atomic E-state index is 0.113. The predicted octanol–water partition coefficient (Wildman–Crippen LogP) is 3.13. The summed E-state index contributed by atoms with van der Waals surface area (Å²) < 4.78 is 6.27. The van der Waals surface area contributed by atoms with Gasteiger partial charge in [-0.1, -0.05) is 0 Å². The maximum atomic E-state index is 10.9. The first kappa shape index (κ1) is 13.4. The van der Waals surface area contributed by atoms with Crippen LogP contribution in [0, 0.1) is 0 Å². The molecule has 5 heteroatoms. The molecule has 0 aromatic heterocycles. The number of ether oxygens (including phenoxy) is 1. The van der Waals surface area contributed by atoms with Crippen molar-refractivity contribution in [3.8, 4) is 0 Å². The second-order valence-electron chi connectivity index (χ2n) is 4.76. The molecule has 1 aliphatic rings. The van der Waals surface area contributed by atoms with Crippen molar-refractivity contribution in [3.63, 3.8) is 0 Å². The Balaban J connectivity index is 2.02. The molecule has 1 aromatic rings. The molecule has 1 aliphatic heterocycles. The first-order valence-electron chi connectivity index (χ1n) is 5.91. The van der Waals surface area contributed by atoms with Crippen LogP contribution in [-0.2, 0) is 4.74 Å². The van der Waals surface area contributed by atoms with Crippen molar-refractivity contribution in [2.45, 2.75) is 25.4 Å². The number of carboxylic acids is 1. The monoisotopic (exact) mass is 313 g/mol. The molecule has 1 heterocycles. The van der Waals surface area contributed by atoms with E-state index in [1.165, 1.54) is 0 Å². The molecule has 1 fully saturated rings. The number of aromatic carboxylic acids is 1. The number of nitrogens with one attached hydrogen (secondary N) is 1. The number of halogens is 1. The number of anilines is 1. The Morgan fingerprint density at radius 1 is 1.61 bits per heavy atom. The molecule has 0 spiro atoms. The van der Waals surface area contributed by atoms with Gasteiger partial charge in [0.2, 0.25) is 0 Å². The van der Waals surface area contributed by atoms with Gasteiger partial charge in [0, 0.05) is 23.3 Å². The summed E-state index contributed by atoms with van der Waals surface area (Å²) in [5.41, 5.74) is 1.05. The molecule has 1 unspecified atom stereocenters. The Hall–Kier alpha value is -1.07. The average molecular weight is 314 g/mol. The van der Waals surface area contributed by atoms with Gasteiger partial charge in [-0.3, -0.25) is 0 Å². The van der Waals surface area contributed by atoms with Gasteiger partial charge in [0.1, 0.15) is 0 Å². The highest BCUT2D eigenvalue weighted by molar-refractivity contribution is 9.10.